The van der Waals surface area contributed by atoms with Gasteiger partial charge in [-0.2, -0.15) is 0 Å². The molecule has 2 saturated heterocycles. The molecule has 0 saturated carbocycles. The van der Waals surface area contributed by atoms with E-state index >= 15 is 0 Å². The smallest absolute Gasteiger partial charge is 0.310 e. The van der Waals surface area contributed by atoms with Crippen molar-refractivity contribution in [2.24, 2.45) is 11.8 Å². The van der Waals surface area contributed by atoms with E-state index in [1.807, 2.05) is 12.1 Å². The first-order valence-corrected chi connectivity index (χ1v) is 12.7. The summed E-state index contributed by atoms with van der Waals surface area (Å²) in [6.07, 6.45) is 0. The van der Waals surface area contributed by atoms with E-state index in [-0.39, 0.29) is 60.3 Å². The predicted molar refractivity (Wildman–Crippen MR) is 139 cm³/mol. The van der Waals surface area contributed by atoms with Gasteiger partial charge in [-0.3, -0.25) is 9.69 Å². The summed E-state index contributed by atoms with van der Waals surface area (Å²) in [6, 6.07) is 7.45. The first kappa shape index (κ1) is 26.7. The lowest BCUT2D eigenvalue weighted by Crippen LogP contribution is -2.44. The fourth-order valence-electron chi connectivity index (χ4n) is 6.12. The van der Waals surface area contributed by atoms with Crippen molar-refractivity contribution < 1.29 is 38.3 Å². The summed E-state index contributed by atoms with van der Waals surface area (Å²) in [5.74, 6) is 0.753. The van der Waals surface area contributed by atoms with Crippen LogP contribution in [0.5, 0.6) is 28.7 Å². The van der Waals surface area contributed by atoms with Crippen LogP contribution in [0.25, 0.3) is 0 Å². The van der Waals surface area contributed by atoms with Gasteiger partial charge in [-0.1, -0.05) is 0 Å². The third-order valence-electron chi connectivity index (χ3n) is 7.94. The number of fused-ring (bicyclic) bond motifs is 3. The van der Waals surface area contributed by atoms with Gasteiger partial charge in [0.15, 0.2) is 23.0 Å². The molecule has 10 nitrogen and oxygen atoms in total. The van der Waals surface area contributed by atoms with Gasteiger partial charge in [-0.15, -0.1) is 12.4 Å². The molecule has 206 valence electrons. The average molecular weight is 549 g/mol. The fraction of sp³-hybridized carbons (Fsp3) is 0.519. The molecule has 11 heteroatoms. The lowest BCUT2D eigenvalue weighted by atomic mass is 9.65. The second-order valence-electron chi connectivity index (χ2n) is 9.79. The molecule has 0 amide bonds. The molecule has 1 aliphatic carbocycles. The number of morpholine rings is 1. The molecule has 0 spiro atoms. The zero-order valence-electron chi connectivity index (χ0n) is 21.4. The van der Waals surface area contributed by atoms with Crippen molar-refractivity contribution in [1.82, 2.24) is 10.2 Å². The van der Waals surface area contributed by atoms with E-state index in [1.165, 1.54) is 14.2 Å². The van der Waals surface area contributed by atoms with E-state index in [2.05, 4.69) is 10.2 Å². The molecular formula is C27H33ClN2O8. The maximum Gasteiger partial charge on any atom is 0.310 e. The van der Waals surface area contributed by atoms with Crippen LogP contribution in [0.2, 0.25) is 0 Å². The van der Waals surface area contributed by atoms with E-state index < -0.39 is 5.92 Å². The van der Waals surface area contributed by atoms with Crippen LogP contribution in [0.1, 0.15) is 28.7 Å². The molecule has 2 aromatic carbocycles. The number of cyclic esters (lactones) is 1. The van der Waals surface area contributed by atoms with Crippen LogP contribution in [0.4, 0.5) is 0 Å². The number of methoxy groups -OCH3 is 2. The normalized spacial score (nSPS) is 25.7. The largest absolute Gasteiger partial charge is 0.502 e. The number of nitrogens with zero attached hydrogens (tertiary/aromatic N) is 1. The number of hydrogen-bond acceptors (Lipinski definition) is 10. The number of hydrogen-bond donors (Lipinski definition) is 2. The highest BCUT2D eigenvalue weighted by Crippen LogP contribution is 2.55. The zero-order chi connectivity index (χ0) is 25.5. The second-order valence-corrected chi connectivity index (χ2v) is 9.79. The summed E-state index contributed by atoms with van der Waals surface area (Å²) in [5, 5.41) is 14.3. The van der Waals surface area contributed by atoms with Crippen molar-refractivity contribution >= 4 is 18.4 Å². The number of esters is 1. The zero-order valence-corrected chi connectivity index (χ0v) is 22.3. The van der Waals surface area contributed by atoms with Crippen LogP contribution >= 0.6 is 12.4 Å². The van der Waals surface area contributed by atoms with Gasteiger partial charge in [0.25, 0.3) is 0 Å². The van der Waals surface area contributed by atoms with E-state index in [9.17, 15) is 9.90 Å². The first-order chi connectivity index (χ1) is 18.1. The minimum atomic E-state index is -0.423. The Morgan fingerprint density at radius 1 is 1.00 bits per heavy atom. The van der Waals surface area contributed by atoms with Crippen LogP contribution in [-0.2, 0) is 14.3 Å². The van der Waals surface area contributed by atoms with Gasteiger partial charge in [0.1, 0.15) is 0 Å². The van der Waals surface area contributed by atoms with Crippen LogP contribution in [0.3, 0.4) is 0 Å². The minimum Gasteiger partial charge on any atom is -0.502 e. The molecule has 0 radical (unpaired) electrons. The summed E-state index contributed by atoms with van der Waals surface area (Å²) < 4.78 is 33.5. The first-order valence-electron chi connectivity index (χ1n) is 12.7. The summed E-state index contributed by atoms with van der Waals surface area (Å²) in [6.45, 7) is 5.49. The molecule has 0 bridgehead atoms. The second kappa shape index (κ2) is 11.1. The Kier molecular flexibility index (Phi) is 7.76. The lowest BCUT2D eigenvalue weighted by molar-refractivity contribution is -0.141. The molecule has 3 aliphatic heterocycles. The number of benzene rings is 2. The number of ether oxygens (including phenoxy) is 6. The van der Waals surface area contributed by atoms with Crippen molar-refractivity contribution in [1.29, 1.82) is 0 Å². The van der Waals surface area contributed by atoms with Gasteiger partial charge in [-0.25, -0.2) is 0 Å². The monoisotopic (exact) mass is 548 g/mol. The summed E-state index contributed by atoms with van der Waals surface area (Å²) in [5.41, 5.74) is 2.82. The molecule has 0 aromatic heterocycles. The van der Waals surface area contributed by atoms with E-state index in [4.69, 9.17) is 28.4 Å². The molecule has 3 heterocycles. The van der Waals surface area contributed by atoms with Crippen LogP contribution in [0.15, 0.2) is 24.3 Å². The highest BCUT2D eigenvalue weighted by molar-refractivity contribution is 5.85. The Balaban J connectivity index is 0.00000294. The van der Waals surface area contributed by atoms with Crippen molar-refractivity contribution in [2.45, 2.75) is 12.0 Å². The Morgan fingerprint density at radius 2 is 1.66 bits per heavy atom. The number of phenols is 1. The van der Waals surface area contributed by atoms with Crippen molar-refractivity contribution in [2.75, 3.05) is 67.0 Å². The Morgan fingerprint density at radius 3 is 2.32 bits per heavy atom. The number of halogens is 1. The Hall–Kier alpha value is -2.92. The molecule has 2 fully saturated rings. The molecule has 4 atom stereocenters. The van der Waals surface area contributed by atoms with Gasteiger partial charge in [0.05, 0.1) is 40.0 Å². The SMILES string of the molecule is COc1cc(C2c3cc4c(cc3[C@@H](NCCN3CCOCC3)C3COC(=O)[C@H]23)OCO4)cc(OC)c1O.Cl. The topological polar surface area (TPSA) is 108 Å². The highest BCUT2D eigenvalue weighted by atomic mass is 35.5. The lowest BCUT2D eigenvalue weighted by Gasteiger charge is -2.40. The number of aromatic hydroxyl groups is 1. The molecule has 6 rings (SSSR count). The standard InChI is InChI=1S/C27H32N2O8.ClH/c1-32-21-9-15(10-22(33-2)26(21)30)23-16-11-19-20(37-14-36-19)12-17(16)25(18-13-35-27(31)24(18)23)28-3-4-29-5-7-34-8-6-29;/h9-12,18,23-25,28,30H,3-8,13-14H2,1-2H3;1H/t18?,23?,24-,25+;/m0./s1. The molecule has 2 unspecified atom stereocenters. The van der Waals surface area contributed by atoms with Crippen molar-refractivity contribution in [3.8, 4) is 28.7 Å². The quantitative estimate of drug-likeness (QED) is 0.501. The van der Waals surface area contributed by atoms with Crippen LogP contribution < -0.4 is 24.3 Å². The van der Waals surface area contributed by atoms with Gasteiger partial charge in [0, 0.05) is 44.1 Å². The minimum absolute atomic E-state index is 0. The predicted octanol–water partition coefficient (Wildman–Crippen LogP) is 2.46. The van der Waals surface area contributed by atoms with Crippen LogP contribution in [0, 0.1) is 11.8 Å². The summed E-state index contributed by atoms with van der Waals surface area (Å²) in [7, 11) is 2.98. The molecule has 2 N–H and O–H groups in total. The van der Waals surface area contributed by atoms with Crippen molar-refractivity contribution in [3.05, 3.63) is 41.0 Å². The number of carbonyl (C=O) groups is 1. The number of carbonyl (C=O) groups excluding carboxylic acids is 1. The number of rotatable bonds is 7. The average Bonchev–Trinajstić information content (AvgIpc) is 3.54. The van der Waals surface area contributed by atoms with Crippen molar-refractivity contribution in [3.63, 3.8) is 0 Å². The van der Waals surface area contributed by atoms with E-state index in [1.54, 1.807) is 12.1 Å². The van der Waals surface area contributed by atoms with Crippen LogP contribution in [-0.4, -0.2) is 83.0 Å². The molecule has 38 heavy (non-hydrogen) atoms. The highest BCUT2D eigenvalue weighted by Gasteiger charge is 2.52. The van der Waals surface area contributed by atoms with E-state index in [0.717, 1.165) is 56.1 Å². The Labute approximate surface area is 227 Å². The number of nitrogens with one attached hydrogen (secondary N) is 1. The van der Waals surface area contributed by atoms with E-state index in [0.29, 0.717) is 18.1 Å². The number of phenolic OH excluding ortho intramolecular Hbond substituents is 1. The molecule has 2 aromatic rings. The molecular weight excluding hydrogens is 516 g/mol. The molecule has 4 aliphatic rings. The maximum atomic E-state index is 13.2. The maximum absolute atomic E-state index is 13.2. The van der Waals surface area contributed by atoms with Gasteiger partial charge in [-0.05, 0) is 41.0 Å². The summed E-state index contributed by atoms with van der Waals surface area (Å²) >= 11 is 0. The Bertz CT molecular complexity index is 1160. The fourth-order valence-corrected chi connectivity index (χ4v) is 6.12. The van der Waals surface area contributed by atoms with Gasteiger partial charge >= 0.3 is 5.97 Å². The third kappa shape index (κ3) is 4.59. The van der Waals surface area contributed by atoms with Gasteiger partial charge < -0.3 is 38.8 Å². The summed E-state index contributed by atoms with van der Waals surface area (Å²) in [4.78, 5) is 15.6. The van der Waals surface area contributed by atoms with Gasteiger partial charge in [0.2, 0.25) is 12.5 Å². The third-order valence-corrected chi connectivity index (χ3v) is 7.94.